The number of hydrogen-bond donors (Lipinski definition) is 0. The minimum absolute atomic E-state index is 0.841. The van der Waals surface area contributed by atoms with E-state index in [1.807, 2.05) is 43.3 Å². The molecule has 68 valence electrons. The predicted molar refractivity (Wildman–Crippen MR) is 55.3 cm³/mol. The van der Waals surface area contributed by atoms with Crippen molar-refractivity contribution in [1.29, 1.82) is 0 Å². The van der Waals surface area contributed by atoms with E-state index in [0.29, 0.717) is 0 Å². The van der Waals surface area contributed by atoms with Crippen LogP contribution in [-0.2, 0) is 0 Å². The summed E-state index contributed by atoms with van der Waals surface area (Å²) in [5.41, 5.74) is 2.82. The Morgan fingerprint density at radius 2 is 2.15 bits per heavy atom. The van der Waals surface area contributed by atoms with Gasteiger partial charge in [0.05, 0.1) is 5.70 Å². The molecule has 1 rings (SSSR count). The lowest BCUT2D eigenvalue weighted by Crippen LogP contribution is -2.33. The Hall–Kier alpha value is -1.46. The van der Waals surface area contributed by atoms with Gasteiger partial charge in [-0.25, -0.2) is 5.01 Å². The van der Waals surface area contributed by atoms with Crippen LogP contribution in [0.25, 0.3) is 0 Å². The Kier molecular flexibility index (Phi) is 2.60. The fraction of sp³-hybridized carbons (Fsp3) is 0.273. The van der Waals surface area contributed by atoms with Gasteiger partial charge >= 0.3 is 0 Å². The van der Waals surface area contributed by atoms with E-state index in [1.54, 1.807) is 0 Å². The summed E-state index contributed by atoms with van der Waals surface area (Å²) in [6.07, 6.45) is 9.33. The van der Waals surface area contributed by atoms with E-state index in [-0.39, 0.29) is 0 Å². The van der Waals surface area contributed by atoms with Gasteiger partial charge in [0.2, 0.25) is 0 Å². The van der Waals surface area contributed by atoms with Crippen molar-refractivity contribution in [3.05, 3.63) is 35.7 Å². The van der Waals surface area contributed by atoms with Gasteiger partial charge in [-0.15, -0.1) is 6.42 Å². The van der Waals surface area contributed by atoms with Gasteiger partial charge in [0.25, 0.3) is 0 Å². The summed E-state index contributed by atoms with van der Waals surface area (Å²) < 4.78 is 0. The third-order valence-electron chi connectivity index (χ3n) is 1.87. The van der Waals surface area contributed by atoms with Crippen molar-refractivity contribution >= 4 is 0 Å². The van der Waals surface area contributed by atoms with Crippen LogP contribution in [-0.4, -0.2) is 24.1 Å². The van der Waals surface area contributed by atoms with Gasteiger partial charge in [-0.2, -0.15) is 0 Å². The largest absolute Gasteiger partial charge is 0.281 e. The first-order valence-corrected chi connectivity index (χ1v) is 4.08. The highest BCUT2D eigenvalue weighted by atomic mass is 15.6. The monoisotopic (exact) mass is 174 g/mol. The summed E-state index contributed by atoms with van der Waals surface area (Å²) in [7, 11) is 3.91. The average molecular weight is 174 g/mol. The van der Waals surface area contributed by atoms with Crippen LogP contribution < -0.4 is 0 Å². The maximum absolute atomic E-state index is 5.37. The summed E-state index contributed by atoms with van der Waals surface area (Å²) in [6.45, 7) is 5.95. The van der Waals surface area contributed by atoms with Crippen LogP contribution in [0.5, 0.6) is 0 Å². The number of hydrazine groups is 1. The average Bonchev–Trinajstić information content (AvgIpc) is 2.08. The van der Waals surface area contributed by atoms with Crippen LogP contribution in [0.15, 0.2) is 35.7 Å². The number of rotatable bonds is 1. The van der Waals surface area contributed by atoms with Crippen LogP contribution in [0.3, 0.4) is 0 Å². The molecular formula is C11H14N2. The van der Waals surface area contributed by atoms with Gasteiger partial charge in [-0.1, -0.05) is 12.5 Å². The minimum atomic E-state index is 0.841. The minimum Gasteiger partial charge on any atom is -0.281 e. The molecule has 0 aliphatic carbocycles. The molecule has 1 aliphatic heterocycles. The molecule has 0 bridgehead atoms. The van der Waals surface area contributed by atoms with Gasteiger partial charge in [0, 0.05) is 25.9 Å². The molecule has 0 fully saturated rings. The Balaban J connectivity index is 3.04. The first kappa shape index (κ1) is 9.63. The zero-order valence-electron chi connectivity index (χ0n) is 8.33. The molecule has 1 heterocycles. The number of nitrogens with zero attached hydrogens (tertiary/aromatic N) is 2. The molecule has 0 aromatic rings. The van der Waals surface area contributed by atoms with Gasteiger partial charge < -0.3 is 0 Å². The van der Waals surface area contributed by atoms with E-state index in [9.17, 15) is 0 Å². The van der Waals surface area contributed by atoms with Crippen LogP contribution >= 0.6 is 0 Å². The Bertz CT molecular complexity index is 326. The second-order valence-corrected chi connectivity index (χ2v) is 3.21. The Morgan fingerprint density at radius 1 is 1.54 bits per heavy atom. The number of allylic oxidation sites excluding steroid dienone is 3. The second-order valence-electron chi connectivity index (χ2n) is 3.21. The molecule has 0 saturated carbocycles. The lowest BCUT2D eigenvalue weighted by molar-refractivity contribution is 0.127. The third-order valence-corrected chi connectivity index (χ3v) is 1.87. The molecule has 0 amide bonds. The van der Waals surface area contributed by atoms with Gasteiger partial charge in [-0.3, -0.25) is 5.01 Å². The highest BCUT2D eigenvalue weighted by Gasteiger charge is 2.14. The number of terminal acetylenes is 1. The van der Waals surface area contributed by atoms with E-state index < -0.39 is 0 Å². The first-order valence-electron chi connectivity index (χ1n) is 4.08. The van der Waals surface area contributed by atoms with E-state index in [4.69, 9.17) is 6.42 Å². The molecule has 1 aliphatic rings. The van der Waals surface area contributed by atoms with E-state index in [2.05, 4.69) is 12.5 Å². The normalized spacial score (nSPS) is 16.8. The molecule has 13 heavy (non-hydrogen) atoms. The second kappa shape index (κ2) is 3.51. The zero-order chi connectivity index (χ0) is 10.0. The van der Waals surface area contributed by atoms with Crippen molar-refractivity contribution in [2.75, 3.05) is 14.1 Å². The maximum atomic E-state index is 5.37. The zero-order valence-corrected chi connectivity index (χ0v) is 8.33. The van der Waals surface area contributed by atoms with Gasteiger partial charge in [0.15, 0.2) is 0 Å². The summed E-state index contributed by atoms with van der Waals surface area (Å²) in [6, 6.07) is 0. The first-order chi connectivity index (χ1) is 6.06. The van der Waals surface area contributed by atoms with E-state index >= 15 is 0 Å². The Morgan fingerprint density at radius 3 is 2.62 bits per heavy atom. The van der Waals surface area contributed by atoms with Crippen molar-refractivity contribution in [2.45, 2.75) is 6.92 Å². The lowest BCUT2D eigenvalue weighted by Gasteiger charge is -2.32. The highest BCUT2D eigenvalue weighted by Crippen LogP contribution is 2.22. The fourth-order valence-electron chi connectivity index (χ4n) is 1.22. The molecule has 0 unspecified atom stereocenters. The smallest absolute Gasteiger partial charge is 0.0657 e. The molecule has 0 N–H and O–H groups in total. The van der Waals surface area contributed by atoms with Crippen LogP contribution in [0.4, 0.5) is 0 Å². The summed E-state index contributed by atoms with van der Waals surface area (Å²) in [5.74, 6) is 2.62. The van der Waals surface area contributed by atoms with Crippen molar-refractivity contribution in [1.82, 2.24) is 10.0 Å². The van der Waals surface area contributed by atoms with Crippen molar-refractivity contribution in [2.24, 2.45) is 0 Å². The van der Waals surface area contributed by atoms with Gasteiger partial charge in [-0.05, 0) is 18.6 Å². The van der Waals surface area contributed by atoms with E-state index in [0.717, 1.165) is 16.8 Å². The highest BCUT2D eigenvalue weighted by molar-refractivity contribution is 5.49. The summed E-state index contributed by atoms with van der Waals surface area (Å²) >= 11 is 0. The standard InChI is InChI=1S/C11H14N2/c1-6-11-7-9(2)8-13(10(11)3)12(4)5/h1,7-8H,3H2,2,4-5H3. The summed E-state index contributed by atoms with van der Waals surface area (Å²) in [4.78, 5) is 0. The molecular weight excluding hydrogens is 160 g/mol. The maximum Gasteiger partial charge on any atom is 0.0657 e. The van der Waals surface area contributed by atoms with Gasteiger partial charge in [0.1, 0.15) is 0 Å². The molecule has 0 spiro atoms. The molecule has 0 aromatic heterocycles. The molecule has 0 saturated heterocycles. The SMILES string of the molecule is C#CC1=CC(C)=CN(N(C)C)C1=C. The van der Waals surface area contributed by atoms with Crippen molar-refractivity contribution in [3.63, 3.8) is 0 Å². The summed E-state index contributed by atoms with van der Waals surface area (Å²) in [5, 5.41) is 3.88. The fourth-order valence-corrected chi connectivity index (χ4v) is 1.22. The van der Waals surface area contributed by atoms with E-state index in [1.165, 1.54) is 0 Å². The number of hydrogen-bond acceptors (Lipinski definition) is 2. The Labute approximate surface area is 79.8 Å². The van der Waals surface area contributed by atoms with Crippen molar-refractivity contribution in [3.8, 4) is 12.3 Å². The van der Waals surface area contributed by atoms with Crippen LogP contribution in [0.1, 0.15) is 6.92 Å². The predicted octanol–water partition coefficient (Wildman–Crippen LogP) is 1.76. The topological polar surface area (TPSA) is 6.48 Å². The molecule has 0 radical (unpaired) electrons. The third kappa shape index (κ3) is 1.82. The molecule has 0 aromatic carbocycles. The molecule has 0 atom stereocenters. The molecule has 2 heteroatoms. The molecule has 2 nitrogen and oxygen atoms in total. The van der Waals surface area contributed by atoms with Crippen LogP contribution in [0, 0.1) is 12.3 Å². The lowest BCUT2D eigenvalue weighted by atomic mass is 10.1. The van der Waals surface area contributed by atoms with Crippen LogP contribution in [0.2, 0.25) is 0 Å². The quantitative estimate of drug-likeness (QED) is 0.559. The van der Waals surface area contributed by atoms with Crippen molar-refractivity contribution < 1.29 is 0 Å².